The summed E-state index contributed by atoms with van der Waals surface area (Å²) in [6, 6.07) is 16.6. The normalized spacial score (nSPS) is 15.6. The Morgan fingerprint density at radius 1 is 1.12 bits per heavy atom. The van der Waals surface area contributed by atoms with E-state index in [9.17, 15) is 9.59 Å². The summed E-state index contributed by atoms with van der Waals surface area (Å²) in [5.74, 6) is -0.301. The van der Waals surface area contributed by atoms with Crippen molar-refractivity contribution in [3.63, 3.8) is 0 Å². The second-order valence-corrected chi connectivity index (χ2v) is 10.4. The zero-order valence-corrected chi connectivity index (χ0v) is 21.4. The van der Waals surface area contributed by atoms with Crippen LogP contribution in [-0.4, -0.2) is 40.7 Å². The Kier molecular flexibility index (Phi) is 7.77. The molecule has 7 heteroatoms. The molecule has 2 heterocycles. The Morgan fingerprint density at radius 2 is 1.88 bits per heavy atom. The summed E-state index contributed by atoms with van der Waals surface area (Å²) in [4.78, 5) is 31.3. The highest BCUT2D eigenvalue weighted by Gasteiger charge is 2.35. The van der Waals surface area contributed by atoms with Gasteiger partial charge in [-0.3, -0.25) is 9.59 Å². The molecule has 1 aliphatic rings. The fraction of sp³-hybridized carbons (Fsp3) is 0.259. The van der Waals surface area contributed by atoms with E-state index in [2.05, 4.69) is 6.07 Å². The fourth-order valence-corrected chi connectivity index (χ4v) is 5.64. The molecule has 0 fully saturated rings. The van der Waals surface area contributed by atoms with Crippen LogP contribution < -0.4 is 0 Å². The van der Waals surface area contributed by atoms with E-state index in [0.717, 1.165) is 23.1 Å². The number of nitrogens with zero attached hydrogens (tertiary/aromatic N) is 2. The van der Waals surface area contributed by atoms with Crippen molar-refractivity contribution in [3.8, 4) is 0 Å². The number of carbonyl (C=O) groups is 2. The quantitative estimate of drug-likeness (QED) is 0.354. The van der Waals surface area contributed by atoms with Gasteiger partial charge in [0, 0.05) is 33.6 Å². The van der Waals surface area contributed by atoms with Gasteiger partial charge in [0.05, 0.1) is 6.04 Å². The van der Waals surface area contributed by atoms with Crippen molar-refractivity contribution in [2.45, 2.75) is 32.4 Å². The Labute approximate surface area is 214 Å². The smallest absolute Gasteiger partial charge is 0.247 e. The van der Waals surface area contributed by atoms with Crippen molar-refractivity contribution in [1.29, 1.82) is 0 Å². The molecule has 0 saturated heterocycles. The van der Waals surface area contributed by atoms with Crippen LogP contribution in [0.15, 0.2) is 66.1 Å². The number of thiophene rings is 1. The van der Waals surface area contributed by atoms with Gasteiger partial charge in [0.2, 0.25) is 11.8 Å². The van der Waals surface area contributed by atoms with E-state index in [1.165, 1.54) is 11.0 Å². The lowest BCUT2D eigenvalue weighted by Crippen LogP contribution is -2.48. The SMILES string of the molecule is CC(C)N(CC(=O)N1CCc2sccc2C1c1ccc(Cl)cc1Cl)C(=O)C=Cc1ccccc1. The number of rotatable bonds is 6. The van der Waals surface area contributed by atoms with Crippen molar-refractivity contribution in [3.05, 3.63) is 97.7 Å². The van der Waals surface area contributed by atoms with E-state index in [4.69, 9.17) is 23.2 Å². The molecule has 1 unspecified atom stereocenters. The number of amides is 2. The minimum Gasteiger partial charge on any atom is -0.330 e. The number of halogens is 2. The highest BCUT2D eigenvalue weighted by atomic mass is 35.5. The molecule has 0 radical (unpaired) electrons. The van der Waals surface area contributed by atoms with Gasteiger partial charge in [-0.05, 0) is 66.6 Å². The van der Waals surface area contributed by atoms with Gasteiger partial charge < -0.3 is 9.80 Å². The predicted molar refractivity (Wildman–Crippen MR) is 140 cm³/mol. The minimum atomic E-state index is -0.309. The maximum absolute atomic E-state index is 13.6. The van der Waals surface area contributed by atoms with Crippen LogP contribution in [0.1, 0.15) is 41.5 Å². The van der Waals surface area contributed by atoms with Crippen LogP contribution in [0.3, 0.4) is 0 Å². The molecule has 1 atom stereocenters. The van der Waals surface area contributed by atoms with Gasteiger partial charge >= 0.3 is 0 Å². The topological polar surface area (TPSA) is 40.6 Å². The number of carbonyl (C=O) groups excluding carboxylic acids is 2. The first-order chi connectivity index (χ1) is 16.3. The number of fused-ring (bicyclic) bond motifs is 1. The van der Waals surface area contributed by atoms with Crippen molar-refractivity contribution >= 4 is 52.4 Å². The molecule has 2 amide bonds. The third-order valence-corrected chi connectivity index (χ3v) is 7.53. The summed E-state index contributed by atoms with van der Waals surface area (Å²) in [6.45, 7) is 4.40. The van der Waals surface area contributed by atoms with E-state index in [0.29, 0.717) is 16.6 Å². The highest BCUT2D eigenvalue weighted by Crippen LogP contribution is 2.41. The summed E-state index contributed by atoms with van der Waals surface area (Å²) < 4.78 is 0. The molecular weight excluding hydrogens is 487 g/mol. The van der Waals surface area contributed by atoms with Crippen molar-refractivity contribution in [2.75, 3.05) is 13.1 Å². The lowest BCUT2D eigenvalue weighted by Gasteiger charge is -2.38. The van der Waals surface area contributed by atoms with Crippen LogP contribution in [0, 0.1) is 0 Å². The molecule has 3 aromatic rings. The van der Waals surface area contributed by atoms with Crippen LogP contribution in [0.4, 0.5) is 0 Å². The van der Waals surface area contributed by atoms with Crippen LogP contribution in [0.25, 0.3) is 6.08 Å². The van der Waals surface area contributed by atoms with Gasteiger partial charge in [-0.15, -0.1) is 11.3 Å². The zero-order chi connectivity index (χ0) is 24.2. The third-order valence-electron chi connectivity index (χ3n) is 5.97. The molecule has 1 aromatic heterocycles. The van der Waals surface area contributed by atoms with Gasteiger partial charge in [0.15, 0.2) is 0 Å². The molecule has 4 rings (SSSR count). The van der Waals surface area contributed by atoms with E-state index >= 15 is 0 Å². The lowest BCUT2D eigenvalue weighted by atomic mass is 9.93. The largest absolute Gasteiger partial charge is 0.330 e. The number of hydrogen-bond acceptors (Lipinski definition) is 3. The second kappa shape index (κ2) is 10.8. The predicted octanol–water partition coefficient (Wildman–Crippen LogP) is 6.48. The Bertz CT molecular complexity index is 1210. The van der Waals surface area contributed by atoms with Crippen LogP contribution in [-0.2, 0) is 16.0 Å². The first-order valence-corrected chi connectivity index (χ1v) is 12.8. The third kappa shape index (κ3) is 5.38. The summed E-state index contributed by atoms with van der Waals surface area (Å²) in [5, 5.41) is 3.13. The summed E-state index contributed by atoms with van der Waals surface area (Å²) in [7, 11) is 0. The molecule has 2 aromatic carbocycles. The maximum Gasteiger partial charge on any atom is 0.247 e. The van der Waals surface area contributed by atoms with Crippen LogP contribution >= 0.6 is 34.5 Å². The minimum absolute atomic E-state index is 0.00317. The molecule has 0 spiro atoms. The first-order valence-electron chi connectivity index (χ1n) is 11.2. The van der Waals surface area contributed by atoms with Gasteiger partial charge in [-0.25, -0.2) is 0 Å². The Hall–Kier alpha value is -2.60. The fourth-order valence-electron chi connectivity index (χ4n) is 4.22. The van der Waals surface area contributed by atoms with Gasteiger partial charge in [0.1, 0.15) is 6.54 Å². The highest BCUT2D eigenvalue weighted by molar-refractivity contribution is 7.10. The summed E-state index contributed by atoms with van der Waals surface area (Å²) >= 11 is 14.4. The van der Waals surface area contributed by atoms with Gasteiger partial charge in [0.25, 0.3) is 0 Å². The maximum atomic E-state index is 13.6. The van der Waals surface area contributed by atoms with E-state index in [-0.39, 0.29) is 30.4 Å². The van der Waals surface area contributed by atoms with E-state index in [1.54, 1.807) is 34.4 Å². The average Bonchev–Trinajstić information content (AvgIpc) is 3.30. The Balaban J connectivity index is 1.59. The Morgan fingerprint density at radius 3 is 2.59 bits per heavy atom. The first kappa shape index (κ1) is 24.5. The average molecular weight is 513 g/mol. The van der Waals surface area contributed by atoms with Crippen molar-refractivity contribution in [2.24, 2.45) is 0 Å². The standard InChI is InChI=1S/C27H26Cl2N2O2S/c1-18(2)31(25(32)11-8-19-6-4-3-5-7-19)17-26(33)30-14-12-24-22(13-15-34-24)27(30)21-10-9-20(28)16-23(21)29/h3-11,13,15-16,18,27H,12,14,17H2,1-2H3. The van der Waals surface area contributed by atoms with Gasteiger partial charge in [-0.2, -0.15) is 0 Å². The number of hydrogen-bond donors (Lipinski definition) is 0. The number of benzene rings is 2. The summed E-state index contributed by atoms with van der Waals surface area (Å²) in [5.41, 5.74) is 2.86. The second-order valence-electron chi connectivity index (χ2n) is 8.51. The van der Waals surface area contributed by atoms with E-state index in [1.807, 2.05) is 60.5 Å². The summed E-state index contributed by atoms with van der Waals surface area (Å²) in [6.07, 6.45) is 4.09. The molecule has 176 valence electrons. The molecule has 34 heavy (non-hydrogen) atoms. The van der Waals surface area contributed by atoms with Gasteiger partial charge in [-0.1, -0.05) is 59.6 Å². The molecule has 4 nitrogen and oxygen atoms in total. The molecular formula is C27H26Cl2N2O2S. The zero-order valence-electron chi connectivity index (χ0n) is 19.1. The molecule has 0 N–H and O–H groups in total. The molecule has 1 aliphatic heterocycles. The van der Waals surface area contributed by atoms with E-state index < -0.39 is 0 Å². The van der Waals surface area contributed by atoms with Crippen LogP contribution in [0.5, 0.6) is 0 Å². The molecule has 0 aliphatic carbocycles. The van der Waals surface area contributed by atoms with Crippen molar-refractivity contribution < 1.29 is 9.59 Å². The monoisotopic (exact) mass is 512 g/mol. The molecule has 0 bridgehead atoms. The van der Waals surface area contributed by atoms with Crippen molar-refractivity contribution in [1.82, 2.24) is 9.80 Å². The van der Waals surface area contributed by atoms with Crippen LogP contribution in [0.2, 0.25) is 10.0 Å². The lowest BCUT2D eigenvalue weighted by molar-refractivity contribution is -0.140. The molecule has 0 saturated carbocycles.